The number of aromatic nitrogens is 1. The number of hydrogen-bond donors (Lipinski definition) is 0. The molecule has 2 rings (SSSR count). The van der Waals surface area contributed by atoms with Crippen LogP contribution >= 0.6 is 0 Å². The van der Waals surface area contributed by atoms with Gasteiger partial charge in [-0.2, -0.15) is 0 Å². The molecule has 0 saturated carbocycles. The lowest BCUT2D eigenvalue weighted by Gasteiger charge is -2.10. The molecular weight excluding hydrogens is 338 g/mol. The van der Waals surface area contributed by atoms with Gasteiger partial charge >= 0.3 is 11.9 Å². The summed E-state index contributed by atoms with van der Waals surface area (Å²) < 4.78 is 20.7. The van der Waals surface area contributed by atoms with Gasteiger partial charge in [0, 0.05) is 12.1 Å². The lowest BCUT2D eigenvalue weighted by Crippen LogP contribution is -2.13. The van der Waals surface area contributed by atoms with E-state index in [1.807, 2.05) is 24.3 Å². The van der Waals surface area contributed by atoms with Gasteiger partial charge in [0.1, 0.15) is 18.1 Å². The summed E-state index contributed by atoms with van der Waals surface area (Å²) in [5.41, 5.74) is 0.877. The molecule has 0 N–H and O–H groups in total. The van der Waals surface area contributed by atoms with Crippen molar-refractivity contribution in [2.45, 2.75) is 20.5 Å². The summed E-state index contributed by atoms with van der Waals surface area (Å²) >= 11 is 0. The first-order chi connectivity index (χ1) is 12.6. The smallest absolute Gasteiger partial charge is 0.357 e. The van der Waals surface area contributed by atoms with E-state index in [2.05, 4.69) is 4.98 Å². The standard InChI is InChI=1S/C19H21NO6/c1-4-24-18(21)16-10-15(11-17(20-16)19(22)25-5-2)26-12-13-6-8-14(23-3)9-7-13/h6-11H,4-5,12H2,1-3H3. The van der Waals surface area contributed by atoms with Gasteiger partial charge in [-0.1, -0.05) is 12.1 Å². The van der Waals surface area contributed by atoms with Gasteiger partial charge in [-0.05, 0) is 31.5 Å². The Kier molecular flexibility index (Phi) is 6.96. The number of esters is 2. The Balaban J connectivity index is 2.21. The zero-order valence-corrected chi connectivity index (χ0v) is 15.0. The molecule has 7 heteroatoms. The molecule has 26 heavy (non-hydrogen) atoms. The van der Waals surface area contributed by atoms with Crippen LogP contribution in [0.5, 0.6) is 11.5 Å². The summed E-state index contributed by atoms with van der Waals surface area (Å²) in [6.45, 7) is 4.03. The van der Waals surface area contributed by atoms with Crippen molar-refractivity contribution in [1.82, 2.24) is 4.98 Å². The van der Waals surface area contributed by atoms with Gasteiger partial charge < -0.3 is 18.9 Å². The first-order valence-corrected chi connectivity index (χ1v) is 8.19. The van der Waals surface area contributed by atoms with Crippen molar-refractivity contribution in [2.75, 3.05) is 20.3 Å². The van der Waals surface area contributed by atoms with Gasteiger partial charge in [0.15, 0.2) is 11.4 Å². The van der Waals surface area contributed by atoms with E-state index in [-0.39, 0.29) is 31.2 Å². The quantitative estimate of drug-likeness (QED) is 0.670. The van der Waals surface area contributed by atoms with Crippen LogP contribution in [-0.4, -0.2) is 37.2 Å². The highest BCUT2D eigenvalue weighted by atomic mass is 16.5. The van der Waals surface area contributed by atoms with E-state index in [9.17, 15) is 9.59 Å². The third kappa shape index (κ3) is 5.20. The summed E-state index contributed by atoms with van der Waals surface area (Å²) in [5, 5.41) is 0. The molecule has 0 spiro atoms. The topological polar surface area (TPSA) is 84.0 Å². The number of ether oxygens (including phenoxy) is 4. The molecule has 0 aliphatic rings. The van der Waals surface area contributed by atoms with E-state index in [4.69, 9.17) is 18.9 Å². The van der Waals surface area contributed by atoms with Crippen molar-refractivity contribution in [3.63, 3.8) is 0 Å². The number of hydrogen-bond acceptors (Lipinski definition) is 7. The number of carbonyl (C=O) groups is 2. The Morgan fingerprint density at radius 3 is 1.88 bits per heavy atom. The minimum absolute atomic E-state index is 0.0119. The monoisotopic (exact) mass is 359 g/mol. The molecule has 0 amide bonds. The molecule has 0 atom stereocenters. The molecular formula is C19H21NO6. The van der Waals surface area contributed by atoms with E-state index in [1.54, 1.807) is 21.0 Å². The molecule has 0 aliphatic carbocycles. The summed E-state index contributed by atoms with van der Waals surface area (Å²) in [5.74, 6) is -0.199. The number of benzene rings is 1. The van der Waals surface area contributed by atoms with Crippen molar-refractivity contribution in [3.8, 4) is 11.5 Å². The third-order valence-corrected chi connectivity index (χ3v) is 3.33. The average Bonchev–Trinajstić information content (AvgIpc) is 2.67. The molecule has 0 radical (unpaired) electrons. The lowest BCUT2D eigenvalue weighted by molar-refractivity contribution is 0.0510. The SMILES string of the molecule is CCOC(=O)c1cc(OCc2ccc(OC)cc2)cc(C(=O)OCC)n1. The van der Waals surface area contributed by atoms with E-state index in [0.29, 0.717) is 5.75 Å². The molecule has 1 heterocycles. The highest BCUT2D eigenvalue weighted by Gasteiger charge is 2.17. The van der Waals surface area contributed by atoms with Crippen LogP contribution in [0.2, 0.25) is 0 Å². The van der Waals surface area contributed by atoms with Crippen LogP contribution in [0.3, 0.4) is 0 Å². The zero-order valence-electron chi connectivity index (χ0n) is 15.0. The minimum Gasteiger partial charge on any atom is -0.497 e. The minimum atomic E-state index is -0.632. The summed E-state index contributed by atoms with van der Waals surface area (Å²) in [7, 11) is 1.59. The normalized spacial score (nSPS) is 10.1. The zero-order chi connectivity index (χ0) is 18.9. The van der Waals surface area contributed by atoms with Gasteiger partial charge in [0.2, 0.25) is 0 Å². The van der Waals surface area contributed by atoms with Gasteiger partial charge in [0.25, 0.3) is 0 Å². The number of methoxy groups -OCH3 is 1. The molecule has 0 bridgehead atoms. The molecule has 2 aromatic rings. The maximum Gasteiger partial charge on any atom is 0.357 e. The molecule has 0 unspecified atom stereocenters. The van der Waals surface area contributed by atoms with Gasteiger partial charge in [-0.3, -0.25) is 0 Å². The maximum atomic E-state index is 12.0. The Morgan fingerprint density at radius 1 is 0.885 bits per heavy atom. The second-order valence-electron chi connectivity index (χ2n) is 5.15. The maximum absolute atomic E-state index is 12.0. The first-order valence-electron chi connectivity index (χ1n) is 8.19. The van der Waals surface area contributed by atoms with Crippen LogP contribution < -0.4 is 9.47 Å². The molecule has 1 aromatic heterocycles. The highest BCUT2D eigenvalue weighted by Crippen LogP contribution is 2.19. The van der Waals surface area contributed by atoms with Crippen LogP contribution in [-0.2, 0) is 16.1 Å². The first kappa shape index (κ1) is 19.2. The van der Waals surface area contributed by atoms with E-state index in [0.717, 1.165) is 11.3 Å². The molecule has 1 aromatic carbocycles. The van der Waals surface area contributed by atoms with Crippen LogP contribution in [0.25, 0.3) is 0 Å². The Bertz CT molecular complexity index is 721. The summed E-state index contributed by atoms with van der Waals surface area (Å²) in [4.78, 5) is 27.9. The lowest BCUT2D eigenvalue weighted by atomic mass is 10.2. The van der Waals surface area contributed by atoms with Crippen molar-refractivity contribution < 1.29 is 28.5 Å². The van der Waals surface area contributed by atoms with Crippen molar-refractivity contribution in [3.05, 3.63) is 53.3 Å². The summed E-state index contributed by atoms with van der Waals surface area (Å²) in [6, 6.07) is 10.2. The number of nitrogens with zero attached hydrogens (tertiary/aromatic N) is 1. The van der Waals surface area contributed by atoms with Gasteiger partial charge in [0.05, 0.1) is 20.3 Å². The Morgan fingerprint density at radius 2 is 1.42 bits per heavy atom. The van der Waals surface area contributed by atoms with Crippen LogP contribution in [0, 0.1) is 0 Å². The average molecular weight is 359 g/mol. The fourth-order valence-corrected chi connectivity index (χ4v) is 2.10. The van der Waals surface area contributed by atoms with E-state index >= 15 is 0 Å². The van der Waals surface area contributed by atoms with Crippen LogP contribution in [0.15, 0.2) is 36.4 Å². The molecule has 0 aliphatic heterocycles. The van der Waals surface area contributed by atoms with E-state index < -0.39 is 11.9 Å². The Labute approximate surface area is 151 Å². The number of rotatable bonds is 8. The largest absolute Gasteiger partial charge is 0.497 e. The number of pyridine rings is 1. The Hall–Kier alpha value is -3.09. The predicted octanol–water partition coefficient (Wildman–Crippen LogP) is 3.02. The van der Waals surface area contributed by atoms with Gasteiger partial charge in [-0.15, -0.1) is 0 Å². The molecule has 0 fully saturated rings. The second-order valence-corrected chi connectivity index (χ2v) is 5.15. The van der Waals surface area contributed by atoms with Crippen molar-refractivity contribution >= 4 is 11.9 Å². The van der Waals surface area contributed by atoms with Gasteiger partial charge in [-0.25, -0.2) is 14.6 Å². The van der Waals surface area contributed by atoms with Crippen LogP contribution in [0.1, 0.15) is 40.4 Å². The molecule has 7 nitrogen and oxygen atoms in total. The predicted molar refractivity (Wildman–Crippen MR) is 93.5 cm³/mol. The van der Waals surface area contributed by atoms with Crippen LogP contribution in [0.4, 0.5) is 0 Å². The third-order valence-electron chi connectivity index (χ3n) is 3.33. The number of carbonyl (C=O) groups excluding carboxylic acids is 2. The molecule has 138 valence electrons. The second kappa shape index (κ2) is 9.41. The fraction of sp³-hybridized carbons (Fsp3) is 0.316. The van der Waals surface area contributed by atoms with E-state index in [1.165, 1.54) is 12.1 Å². The molecule has 0 saturated heterocycles. The van der Waals surface area contributed by atoms with Crippen molar-refractivity contribution in [1.29, 1.82) is 0 Å². The highest BCUT2D eigenvalue weighted by molar-refractivity contribution is 5.92. The fourth-order valence-electron chi connectivity index (χ4n) is 2.10. The van der Waals surface area contributed by atoms with Crippen molar-refractivity contribution in [2.24, 2.45) is 0 Å². The summed E-state index contributed by atoms with van der Waals surface area (Å²) in [6.07, 6.45) is 0.